The first-order valence-corrected chi connectivity index (χ1v) is 6.85. The molecule has 0 aromatic carbocycles. The molecule has 8 heteroatoms. The van der Waals surface area contributed by atoms with Crippen LogP contribution in [-0.4, -0.2) is 60.8 Å². The predicted molar refractivity (Wildman–Crippen MR) is 78.8 cm³/mol. The van der Waals surface area contributed by atoms with Crippen molar-refractivity contribution in [2.75, 3.05) is 39.6 Å². The van der Waals surface area contributed by atoms with Crippen molar-refractivity contribution in [1.29, 1.82) is 0 Å². The van der Waals surface area contributed by atoms with Gasteiger partial charge >= 0.3 is 0 Å². The highest BCUT2D eigenvalue weighted by Gasteiger charge is 2.21. The first-order chi connectivity index (χ1) is 10.0. The number of likely N-dealkylation sites (N-methyl/N-ethyl adjacent to an activating group) is 1. The van der Waals surface area contributed by atoms with Crippen molar-refractivity contribution in [3.63, 3.8) is 0 Å². The van der Waals surface area contributed by atoms with Crippen LogP contribution in [0.2, 0.25) is 0 Å². The maximum absolute atomic E-state index is 12.2. The van der Waals surface area contributed by atoms with Crippen LogP contribution in [0, 0.1) is 0 Å². The molecule has 2 amide bonds. The second-order valence-corrected chi connectivity index (χ2v) is 4.72. The summed E-state index contributed by atoms with van der Waals surface area (Å²) in [5, 5.41) is 9.36. The van der Waals surface area contributed by atoms with Crippen molar-refractivity contribution in [3.05, 3.63) is 11.4 Å². The van der Waals surface area contributed by atoms with E-state index in [0.717, 1.165) is 18.5 Å². The van der Waals surface area contributed by atoms with Gasteiger partial charge in [0.1, 0.15) is 0 Å². The lowest BCUT2D eigenvalue weighted by atomic mass is 10.2. The molecule has 4 N–H and O–H groups in total. The highest BCUT2D eigenvalue weighted by atomic mass is 16.5. The third-order valence-corrected chi connectivity index (χ3v) is 2.94. The lowest BCUT2D eigenvalue weighted by Crippen LogP contribution is -2.39. The zero-order chi connectivity index (χ0) is 15.8. The van der Waals surface area contributed by atoms with E-state index in [1.54, 1.807) is 7.11 Å². The van der Waals surface area contributed by atoms with Crippen molar-refractivity contribution < 1.29 is 14.3 Å². The minimum atomic E-state index is -0.381. The Labute approximate surface area is 124 Å². The fourth-order valence-corrected chi connectivity index (χ4v) is 1.81. The number of nitrogens with zero attached hydrogens (tertiary/aromatic N) is 2. The third-order valence-electron chi connectivity index (χ3n) is 2.94. The van der Waals surface area contributed by atoms with Gasteiger partial charge in [-0.1, -0.05) is 13.3 Å². The maximum atomic E-state index is 12.2. The number of nitrogens with one attached hydrogen (secondary N) is 2. The molecule has 0 bridgehead atoms. The Morgan fingerprint density at radius 1 is 1.48 bits per heavy atom. The molecule has 118 valence electrons. The summed E-state index contributed by atoms with van der Waals surface area (Å²) in [6, 6.07) is 0. The molecule has 0 aliphatic carbocycles. The molecule has 0 fully saturated rings. The predicted octanol–water partition coefficient (Wildman–Crippen LogP) is -0.221. The maximum Gasteiger partial charge on any atom is 0.276 e. The minimum absolute atomic E-state index is 0.0576. The van der Waals surface area contributed by atoms with Crippen molar-refractivity contribution in [3.8, 4) is 0 Å². The second kappa shape index (κ2) is 8.25. The highest BCUT2D eigenvalue weighted by Crippen LogP contribution is 2.16. The summed E-state index contributed by atoms with van der Waals surface area (Å²) in [5.41, 5.74) is 7.16. The standard InChI is InChI=1S/C13H23N5O3/c1-4-5-9-11(14)12(17-16-9)13(20)18(2)8-10(19)15-6-7-21-3/h4-8,14H2,1-3H3,(H,15,19)(H,16,17). The van der Waals surface area contributed by atoms with Gasteiger partial charge in [0, 0.05) is 20.7 Å². The van der Waals surface area contributed by atoms with Gasteiger partial charge in [0.25, 0.3) is 5.91 Å². The molecule has 1 aromatic heterocycles. The average molecular weight is 297 g/mol. The molecule has 21 heavy (non-hydrogen) atoms. The third kappa shape index (κ3) is 4.75. The van der Waals surface area contributed by atoms with Gasteiger partial charge in [-0.15, -0.1) is 0 Å². The summed E-state index contributed by atoms with van der Waals surface area (Å²) in [5.74, 6) is -0.640. The molecule has 0 aliphatic rings. The van der Waals surface area contributed by atoms with Gasteiger partial charge < -0.3 is 20.7 Å². The van der Waals surface area contributed by atoms with Crippen LogP contribution in [0.1, 0.15) is 29.5 Å². The molecule has 0 spiro atoms. The molecule has 0 aliphatic heterocycles. The summed E-state index contributed by atoms with van der Waals surface area (Å²) in [6.45, 7) is 2.79. The van der Waals surface area contributed by atoms with Crippen LogP contribution in [0.4, 0.5) is 5.69 Å². The molecule has 0 atom stereocenters. The summed E-state index contributed by atoms with van der Waals surface area (Å²) >= 11 is 0. The van der Waals surface area contributed by atoms with E-state index in [-0.39, 0.29) is 24.1 Å². The van der Waals surface area contributed by atoms with Gasteiger partial charge in [-0.25, -0.2) is 0 Å². The molecule has 1 aromatic rings. The van der Waals surface area contributed by atoms with Crippen LogP contribution in [-0.2, 0) is 16.0 Å². The van der Waals surface area contributed by atoms with Crippen molar-refractivity contribution in [2.45, 2.75) is 19.8 Å². The minimum Gasteiger partial charge on any atom is -0.395 e. The summed E-state index contributed by atoms with van der Waals surface area (Å²) in [4.78, 5) is 25.1. The Morgan fingerprint density at radius 3 is 2.81 bits per heavy atom. The van der Waals surface area contributed by atoms with E-state index >= 15 is 0 Å². The number of rotatable bonds is 8. The van der Waals surface area contributed by atoms with E-state index in [1.807, 2.05) is 6.92 Å². The van der Waals surface area contributed by atoms with Crippen LogP contribution in [0.3, 0.4) is 0 Å². The van der Waals surface area contributed by atoms with Gasteiger partial charge in [0.2, 0.25) is 5.91 Å². The van der Waals surface area contributed by atoms with Crippen molar-refractivity contribution in [1.82, 2.24) is 20.4 Å². The number of methoxy groups -OCH3 is 1. The number of nitrogens with two attached hydrogens (primary N) is 1. The topological polar surface area (TPSA) is 113 Å². The Morgan fingerprint density at radius 2 is 2.19 bits per heavy atom. The largest absolute Gasteiger partial charge is 0.395 e. The fourth-order valence-electron chi connectivity index (χ4n) is 1.81. The van der Waals surface area contributed by atoms with Crippen LogP contribution in [0.15, 0.2) is 0 Å². The normalized spacial score (nSPS) is 10.4. The second-order valence-electron chi connectivity index (χ2n) is 4.72. The van der Waals surface area contributed by atoms with Crippen molar-refractivity contribution >= 4 is 17.5 Å². The molecule has 0 saturated heterocycles. The summed E-state index contributed by atoms with van der Waals surface area (Å²) in [6.07, 6.45) is 1.63. The highest BCUT2D eigenvalue weighted by molar-refractivity contribution is 5.99. The molecular weight excluding hydrogens is 274 g/mol. The molecular formula is C13H23N5O3. The van der Waals surface area contributed by atoms with E-state index in [2.05, 4.69) is 15.5 Å². The van der Waals surface area contributed by atoms with Crippen LogP contribution in [0.25, 0.3) is 0 Å². The molecule has 0 radical (unpaired) electrons. The molecule has 1 rings (SSSR count). The fraction of sp³-hybridized carbons (Fsp3) is 0.615. The number of H-pyrrole nitrogens is 1. The lowest BCUT2D eigenvalue weighted by molar-refractivity contribution is -0.121. The number of anilines is 1. The van der Waals surface area contributed by atoms with E-state index in [0.29, 0.717) is 18.8 Å². The Balaban J connectivity index is 2.60. The van der Waals surface area contributed by atoms with E-state index in [4.69, 9.17) is 10.5 Å². The number of hydrogen-bond acceptors (Lipinski definition) is 5. The van der Waals surface area contributed by atoms with E-state index in [1.165, 1.54) is 11.9 Å². The van der Waals surface area contributed by atoms with Crippen LogP contribution < -0.4 is 11.1 Å². The molecule has 0 saturated carbocycles. The zero-order valence-electron chi connectivity index (χ0n) is 12.7. The van der Waals surface area contributed by atoms with Crippen LogP contribution >= 0.6 is 0 Å². The number of nitrogen functional groups attached to an aromatic ring is 1. The Hall–Kier alpha value is -2.09. The number of aromatic nitrogens is 2. The first kappa shape index (κ1) is 17.0. The molecule has 1 heterocycles. The van der Waals surface area contributed by atoms with Gasteiger partial charge in [0.15, 0.2) is 5.69 Å². The number of amides is 2. The van der Waals surface area contributed by atoms with Crippen LogP contribution in [0.5, 0.6) is 0 Å². The first-order valence-electron chi connectivity index (χ1n) is 6.85. The quantitative estimate of drug-likeness (QED) is 0.574. The lowest BCUT2D eigenvalue weighted by Gasteiger charge is -2.15. The van der Waals surface area contributed by atoms with Gasteiger partial charge in [-0.2, -0.15) is 5.10 Å². The Kier molecular flexibility index (Phi) is 6.67. The monoisotopic (exact) mass is 297 g/mol. The van der Waals surface area contributed by atoms with E-state index < -0.39 is 0 Å². The van der Waals surface area contributed by atoms with Gasteiger partial charge in [-0.05, 0) is 6.42 Å². The number of carbonyl (C=O) groups is 2. The number of hydrogen-bond donors (Lipinski definition) is 3. The zero-order valence-corrected chi connectivity index (χ0v) is 12.7. The number of ether oxygens (including phenoxy) is 1. The van der Waals surface area contributed by atoms with Crippen molar-refractivity contribution in [2.24, 2.45) is 0 Å². The average Bonchev–Trinajstić information content (AvgIpc) is 2.80. The van der Waals surface area contributed by atoms with Gasteiger partial charge in [-0.3, -0.25) is 14.7 Å². The molecule has 8 nitrogen and oxygen atoms in total. The Bertz CT molecular complexity index is 486. The number of aryl methyl sites for hydroxylation is 1. The smallest absolute Gasteiger partial charge is 0.276 e. The van der Waals surface area contributed by atoms with E-state index in [9.17, 15) is 9.59 Å². The van der Waals surface area contributed by atoms with Gasteiger partial charge in [0.05, 0.1) is 24.5 Å². The summed E-state index contributed by atoms with van der Waals surface area (Å²) in [7, 11) is 3.09. The number of carbonyl (C=O) groups excluding carboxylic acids is 2. The SMILES string of the molecule is CCCc1[nH]nc(C(=O)N(C)CC(=O)NCCOC)c1N. The summed E-state index contributed by atoms with van der Waals surface area (Å²) < 4.78 is 4.83. The number of aromatic amines is 1. The molecule has 0 unspecified atom stereocenters.